The van der Waals surface area contributed by atoms with E-state index in [0.29, 0.717) is 0 Å². The Kier molecular flexibility index (Phi) is 5.58. The van der Waals surface area contributed by atoms with Gasteiger partial charge in [0.2, 0.25) is 5.91 Å². The molecule has 0 aromatic rings. The molecule has 0 spiro atoms. The maximum atomic E-state index is 11.6. The van der Waals surface area contributed by atoms with E-state index in [1.54, 1.807) is 0 Å². The van der Waals surface area contributed by atoms with Crippen LogP contribution in [0.15, 0.2) is 12.3 Å². The van der Waals surface area contributed by atoms with Gasteiger partial charge >= 0.3 is 0 Å². The number of hydrogen-bond donors (Lipinski definition) is 1. The van der Waals surface area contributed by atoms with Gasteiger partial charge in [-0.3, -0.25) is 9.69 Å². The van der Waals surface area contributed by atoms with Crippen molar-refractivity contribution in [3.8, 4) is 0 Å². The van der Waals surface area contributed by atoms with Crippen LogP contribution in [0.5, 0.6) is 0 Å². The van der Waals surface area contributed by atoms with Crippen molar-refractivity contribution in [3.63, 3.8) is 0 Å². The predicted octanol–water partition coefficient (Wildman–Crippen LogP) is 2.00. The molecule has 0 unspecified atom stereocenters. The van der Waals surface area contributed by atoms with Crippen LogP contribution in [0.2, 0.25) is 0 Å². The fourth-order valence-corrected chi connectivity index (χ4v) is 1.10. The van der Waals surface area contributed by atoms with Gasteiger partial charge in [-0.2, -0.15) is 0 Å². The lowest BCUT2D eigenvalue weighted by atomic mass is 9.95. The zero-order valence-corrected chi connectivity index (χ0v) is 10.7. The van der Waals surface area contributed by atoms with E-state index in [2.05, 4.69) is 30.6 Å². The highest BCUT2D eigenvalue weighted by atomic mass is 16.2. The lowest BCUT2D eigenvalue weighted by Gasteiger charge is -2.23. The summed E-state index contributed by atoms with van der Waals surface area (Å²) in [5.41, 5.74) is 0.422. The van der Waals surface area contributed by atoms with Gasteiger partial charge in [-0.05, 0) is 13.1 Å². The van der Waals surface area contributed by atoms with Gasteiger partial charge in [-0.15, -0.1) is 0 Å². The van der Waals surface area contributed by atoms with E-state index in [1.807, 2.05) is 20.8 Å². The SMILES string of the molecule is C=C(CN(CC)CC)NC(=O)C(C)(C)C. The molecule has 0 saturated carbocycles. The Morgan fingerprint density at radius 3 is 2.07 bits per heavy atom. The van der Waals surface area contributed by atoms with Crippen LogP contribution >= 0.6 is 0 Å². The van der Waals surface area contributed by atoms with Gasteiger partial charge in [0.15, 0.2) is 0 Å². The zero-order chi connectivity index (χ0) is 12.1. The maximum Gasteiger partial charge on any atom is 0.229 e. The van der Waals surface area contributed by atoms with Crippen LogP contribution in [-0.2, 0) is 4.79 Å². The highest BCUT2D eigenvalue weighted by molar-refractivity contribution is 5.82. The fourth-order valence-electron chi connectivity index (χ4n) is 1.10. The monoisotopic (exact) mass is 212 g/mol. The Balaban J connectivity index is 4.10. The maximum absolute atomic E-state index is 11.6. The lowest BCUT2D eigenvalue weighted by Crippen LogP contribution is -2.38. The molecule has 0 fully saturated rings. The molecule has 1 N–H and O–H groups in total. The summed E-state index contributed by atoms with van der Waals surface area (Å²) in [6.45, 7) is 16.4. The van der Waals surface area contributed by atoms with Crippen LogP contribution < -0.4 is 5.32 Å². The molecule has 3 heteroatoms. The number of amides is 1. The number of nitrogens with one attached hydrogen (secondary N) is 1. The van der Waals surface area contributed by atoms with Gasteiger partial charge in [0.25, 0.3) is 0 Å². The van der Waals surface area contributed by atoms with Crippen LogP contribution in [0.4, 0.5) is 0 Å². The molecule has 0 radical (unpaired) electrons. The smallest absolute Gasteiger partial charge is 0.229 e. The zero-order valence-electron chi connectivity index (χ0n) is 10.7. The van der Waals surface area contributed by atoms with Gasteiger partial charge < -0.3 is 5.32 Å². The molecule has 0 bridgehead atoms. The summed E-state index contributed by atoms with van der Waals surface area (Å²) < 4.78 is 0. The summed E-state index contributed by atoms with van der Waals surface area (Å²) in [5.74, 6) is 0.0275. The van der Waals surface area contributed by atoms with Crippen molar-refractivity contribution in [1.29, 1.82) is 0 Å². The molecule has 88 valence electrons. The van der Waals surface area contributed by atoms with E-state index in [9.17, 15) is 4.79 Å². The fraction of sp³-hybridized carbons (Fsp3) is 0.750. The largest absolute Gasteiger partial charge is 0.329 e. The van der Waals surface area contributed by atoms with E-state index < -0.39 is 0 Å². The normalized spacial score (nSPS) is 11.6. The van der Waals surface area contributed by atoms with E-state index in [0.717, 1.165) is 25.3 Å². The first-order valence-corrected chi connectivity index (χ1v) is 5.52. The van der Waals surface area contributed by atoms with Crippen molar-refractivity contribution < 1.29 is 4.79 Å². The topological polar surface area (TPSA) is 32.3 Å². The van der Waals surface area contributed by atoms with Crippen molar-refractivity contribution in [2.75, 3.05) is 19.6 Å². The van der Waals surface area contributed by atoms with Crippen molar-refractivity contribution >= 4 is 5.91 Å². The average molecular weight is 212 g/mol. The second-order valence-corrected chi connectivity index (χ2v) is 4.77. The minimum atomic E-state index is -0.355. The number of likely N-dealkylation sites (N-methyl/N-ethyl adjacent to an activating group) is 1. The van der Waals surface area contributed by atoms with E-state index in [-0.39, 0.29) is 11.3 Å². The molecule has 0 heterocycles. The van der Waals surface area contributed by atoms with Crippen LogP contribution in [0.3, 0.4) is 0 Å². The summed E-state index contributed by atoms with van der Waals surface area (Å²) >= 11 is 0. The summed E-state index contributed by atoms with van der Waals surface area (Å²) in [4.78, 5) is 13.9. The number of nitrogens with zero attached hydrogens (tertiary/aromatic N) is 1. The van der Waals surface area contributed by atoms with Gasteiger partial charge in [0.1, 0.15) is 0 Å². The number of rotatable bonds is 5. The third-order valence-electron chi connectivity index (χ3n) is 2.28. The molecule has 0 aromatic heterocycles. The molecule has 0 rings (SSSR count). The highest BCUT2D eigenvalue weighted by Gasteiger charge is 2.21. The van der Waals surface area contributed by atoms with Crippen LogP contribution in [-0.4, -0.2) is 30.4 Å². The Bertz CT molecular complexity index is 224. The van der Waals surface area contributed by atoms with Gasteiger partial charge in [-0.1, -0.05) is 41.2 Å². The third-order valence-corrected chi connectivity index (χ3v) is 2.28. The molecule has 0 aliphatic heterocycles. The molecule has 0 atom stereocenters. The quantitative estimate of drug-likeness (QED) is 0.756. The molecule has 15 heavy (non-hydrogen) atoms. The second kappa shape index (κ2) is 5.91. The molecule has 0 saturated heterocycles. The first-order valence-electron chi connectivity index (χ1n) is 5.52. The van der Waals surface area contributed by atoms with Gasteiger partial charge in [0.05, 0.1) is 0 Å². The summed E-state index contributed by atoms with van der Waals surface area (Å²) in [6.07, 6.45) is 0. The summed E-state index contributed by atoms with van der Waals surface area (Å²) in [5, 5.41) is 2.84. The van der Waals surface area contributed by atoms with E-state index >= 15 is 0 Å². The van der Waals surface area contributed by atoms with Gasteiger partial charge in [0, 0.05) is 17.7 Å². The first kappa shape index (κ1) is 14.2. The molecule has 1 amide bonds. The van der Waals surface area contributed by atoms with Crippen LogP contribution in [0, 0.1) is 5.41 Å². The Hall–Kier alpha value is -0.830. The molecular weight excluding hydrogens is 188 g/mol. The van der Waals surface area contributed by atoms with Crippen LogP contribution in [0.1, 0.15) is 34.6 Å². The van der Waals surface area contributed by atoms with Gasteiger partial charge in [-0.25, -0.2) is 0 Å². The standard InChI is InChI=1S/C12H24N2O/c1-7-14(8-2)9-10(3)13-11(15)12(4,5)6/h3,7-9H2,1-2,4-6H3,(H,13,15). The predicted molar refractivity (Wildman–Crippen MR) is 64.5 cm³/mol. The second-order valence-electron chi connectivity index (χ2n) is 4.77. The van der Waals surface area contributed by atoms with Crippen molar-refractivity contribution in [3.05, 3.63) is 12.3 Å². The summed E-state index contributed by atoms with van der Waals surface area (Å²) in [7, 11) is 0. The molecule has 0 aromatic carbocycles. The van der Waals surface area contributed by atoms with Crippen molar-refractivity contribution in [1.82, 2.24) is 10.2 Å². The number of carbonyl (C=O) groups is 1. The molecule has 0 aliphatic rings. The number of carbonyl (C=O) groups excluding carboxylic acids is 1. The van der Waals surface area contributed by atoms with Crippen molar-refractivity contribution in [2.24, 2.45) is 5.41 Å². The average Bonchev–Trinajstić information content (AvgIpc) is 2.12. The first-order chi connectivity index (χ1) is 6.81. The minimum Gasteiger partial charge on any atom is -0.329 e. The Labute approximate surface area is 93.5 Å². The molecule has 3 nitrogen and oxygen atoms in total. The minimum absolute atomic E-state index is 0.0275. The number of hydrogen-bond acceptors (Lipinski definition) is 2. The molecule has 0 aliphatic carbocycles. The van der Waals surface area contributed by atoms with E-state index in [1.165, 1.54) is 0 Å². The lowest BCUT2D eigenvalue weighted by molar-refractivity contribution is -0.127. The van der Waals surface area contributed by atoms with E-state index in [4.69, 9.17) is 0 Å². The summed E-state index contributed by atoms with van der Waals surface area (Å²) in [6, 6.07) is 0. The Morgan fingerprint density at radius 2 is 1.73 bits per heavy atom. The van der Waals surface area contributed by atoms with Crippen molar-refractivity contribution in [2.45, 2.75) is 34.6 Å². The van der Waals surface area contributed by atoms with Crippen LogP contribution in [0.25, 0.3) is 0 Å². The molecular formula is C12H24N2O. The highest BCUT2D eigenvalue weighted by Crippen LogP contribution is 2.13. The third kappa shape index (κ3) is 5.57. The Morgan fingerprint density at radius 1 is 1.27 bits per heavy atom.